The average molecular weight is 419 g/mol. The summed E-state index contributed by atoms with van der Waals surface area (Å²) in [6, 6.07) is 14.6. The molecule has 0 aliphatic rings. The topological polar surface area (TPSA) is 49.8 Å². The van der Waals surface area contributed by atoms with Gasteiger partial charge >= 0.3 is 5.97 Å². The number of aliphatic hydroxyl groups excluding tert-OH is 1. The van der Waals surface area contributed by atoms with Crippen LogP contribution in [0.15, 0.2) is 48.5 Å². The van der Waals surface area contributed by atoms with Crippen molar-refractivity contribution in [3.05, 3.63) is 65.2 Å². The molecule has 0 saturated heterocycles. The first kappa shape index (κ1) is 15.6. The van der Waals surface area contributed by atoms with Crippen molar-refractivity contribution < 1.29 is 24.2 Å². The first-order valence-electron chi connectivity index (χ1n) is 13.8. The van der Waals surface area contributed by atoms with Crippen LogP contribution in [0.4, 0.5) is 0 Å². The van der Waals surface area contributed by atoms with Crippen molar-refractivity contribution in [2.75, 3.05) is 6.54 Å². The number of hydrogen-bond acceptors (Lipinski definition) is 4. The number of carbonyl (C=O) groups is 1. The fourth-order valence-electron chi connectivity index (χ4n) is 3.79. The molecule has 0 unspecified atom stereocenters. The molecule has 30 heavy (non-hydrogen) atoms. The molecule has 4 nitrogen and oxygen atoms in total. The molecule has 0 saturated carbocycles. The number of esters is 1. The van der Waals surface area contributed by atoms with Gasteiger partial charge in [0.2, 0.25) is 0 Å². The van der Waals surface area contributed by atoms with Gasteiger partial charge in [0.25, 0.3) is 0 Å². The SMILES string of the molecule is [2H]C([2H])([2H])C([2H])(C(=O)Oc1ccc(CO)cc1[C@@H](CCN(C(C)C)C(C)C)c1ccccc1)C([2H])([2H])[2H]. The Balaban J connectivity index is 2.61. The molecular formula is C26H37NO3. The lowest BCUT2D eigenvalue weighted by molar-refractivity contribution is -0.137. The van der Waals surface area contributed by atoms with Gasteiger partial charge in [-0.15, -0.1) is 0 Å². The van der Waals surface area contributed by atoms with E-state index in [-0.39, 0.29) is 30.4 Å². The van der Waals surface area contributed by atoms with Gasteiger partial charge in [0.1, 0.15) is 5.75 Å². The van der Waals surface area contributed by atoms with Gasteiger partial charge in [0.15, 0.2) is 0 Å². The van der Waals surface area contributed by atoms with Crippen LogP contribution in [-0.4, -0.2) is 34.6 Å². The molecule has 2 aromatic rings. The summed E-state index contributed by atoms with van der Waals surface area (Å²) in [4.78, 5) is 15.4. The van der Waals surface area contributed by atoms with Crippen molar-refractivity contribution in [3.63, 3.8) is 0 Å². The third kappa shape index (κ3) is 6.41. The van der Waals surface area contributed by atoms with Crippen LogP contribution in [0.3, 0.4) is 0 Å². The van der Waals surface area contributed by atoms with Crippen LogP contribution in [0.5, 0.6) is 5.75 Å². The van der Waals surface area contributed by atoms with Crippen LogP contribution < -0.4 is 4.74 Å². The summed E-state index contributed by atoms with van der Waals surface area (Å²) in [6.07, 6.45) is 0.602. The van der Waals surface area contributed by atoms with Crippen LogP contribution in [0, 0.1) is 5.89 Å². The van der Waals surface area contributed by atoms with Gasteiger partial charge in [-0.2, -0.15) is 0 Å². The molecule has 0 fully saturated rings. The van der Waals surface area contributed by atoms with E-state index >= 15 is 0 Å². The highest BCUT2D eigenvalue weighted by molar-refractivity contribution is 5.75. The lowest BCUT2D eigenvalue weighted by Crippen LogP contribution is -2.38. The molecule has 4 heteroatoms. The summed E-state index contributed by atoms with van der Waals surface area (Å²) in [5, 5.41) is 9.80. The van der Waals surface area contributed by atoms with Crippen LogP contribution in [0.2, 0.25) is 0 Å². The zero-order chi connectivity index (χ0) is 28.2. The highest BCUT2D eigenvalue weighted by Gasteiger charge is 2.23. The first-order valence-corrected chi connectivity index (χ1v) is 10.3. The molecule has 1 atom stereocenters. The first-order chi connectivity index (χ1) is 17.0. The van der Waals surface area contributed by atoms with Crippen molar-refractivity contribution >= 4 is 5.97 Å². The Morgan fingerprint density at radius 2 is 1.77 bits per heavy atom. The van der Waals surface area contributed by atoms with Crippen LogP contribution in [0.1, 0.15) is 80.0 Å². The van der Waals surface area contributed by atoms with Crippen LogP contribution >= 0.6 is 0 Å². The maximum absolute atomic E-state index is 13.1. The zero-order valence-corrected chi connectivity index (χ0v) is 18.2. The molecule has 0 heterocycles. The zero-order valence-electron chi connectivity index (χ0n) is 25.2. The van der Waals surface area contributed by atoms with Gasteiger partial charge in [0.05, 0.1) is 12.5 Å². The molecule has 0 amide bonds. The Hall–Kier alpha value is -2.17. The smallest absolute Gasteiger partial charge is 0.313 e. The molecule has 0 radical (unpaired) electrons. The number of rotatable bonds is 10. The van der Waals surface area contributed by atoms with Crippen molar-refractivity contribution in [1.82, 2.24) is 4.90 Å². The molecule has 2 aromatic carbocycles. The van der Waals surface area contributed by atoms with Gasteiger partial charge in [-0.25, -0.2) is 0 Å². The molecule has 0 aromatic heterocycles. The summed E-state index contributed by atoms with van der Waals surface area (Å²) < 4.78 is 59.3. The van der Waals surface area contributed by atoms with E-state index in [1.165, 1.54) is 12.1 Å². The summed E-state index contributed by atoms with van der Waals surface area (Å²) >= 11 is 0. The van der Waals surface area contributed by atoms with Crippen molar-refractivity contribution in [1.29, 1.82) is 0 Å². The molecule has 2 rings (SSSR count). The van der Waals surface area contributed by atoms with E-state index < -0.39 is 25.6 Å². The third-order valence-electron chi connectivity index (χ3n) is 5.24. The molecule has 164 valence electrons. The van der Waals surface area contributed by atoms with Crippen molar-refractivity contribution in [2.45, 2.75) is 72.4 Å². The van der Waals surface area contributed by atoms with Gasteiger partial charge in [-0.1, -0.05) is 50.1 Å². The van der Waals surface area contributed by atoms with E-state index in [0.29, 0.717) is 24.1 Å². The lowest BCUT2D eigenvalue weighted by atomic mass is 9.86. The van der Waals surface area contributed by atoms with E-state index in [4.69, 9.17) is 14.3 Å². The number of ether oxygens (including phenoxy) is 1. The Bertz CT molecular complexity index is 1010. The molecule has 0 aliphatic heterocycles. The number of benzene rings is 2. The van der Waals surface area contributed by atoms with E-state index in [9.17, 15) is 9.90 Å². The maximum Gasteiger partial charge on any atom is 0.313 e. The van der Waals surface area contributed by atoms with Crippen LogP contribution in [0.25, 0.3) is 0 Å². The fourth-order valence-corrected chi connectivity index (χ4v) is 3.79. The standard InChI is InChI=1S/C26H37NO3/c1-18(2)26(29)30-25-13-12-21(17-28)16-24(25)23(22-10-8-7-9-11-22)14-15-27(19(3)4)20(5)6/h7-13,16,18-20,23,28H,14-15,17H2,1-6H3/t23-/m0/s1/i1D3,2D3,18D. The predicted molar refractivity (Wildman–Crippen MR) is 123 cm³/mol. The van der Waals surface area contributed by atoms with E-state index in [1.807, 2.05) is 30.3 Å². The summed E-state index contributed by atoms with van der Waals surface area (Å²) in [7, 11) is 0. The Labute approximate surface area is 191 Å². The third-order valence-corrected chi connectivity index (χ3v) is 5.24. The van der Waals surface area contributed by atoms with E-state index in [2.05, 4.69) is 32.6 Å². The summed E-state index contributed by atoms with van der Waals surface area (Å²) in [5.41, 5.74) is 1.95. The van der Waals surface area contributed by atoms with Gasteiger partial charge in [0, 0.05) is 33.2 Å². The molecule has 0 spiro atoms. The second-order valence-electron chi connectivity index (χ2n) is 7.97. The predicted octanol–water partition coefficient (Wildman–Crippen LogP) is 5.38. The maximum atomic E-state index is 13.1. The van der Waals surface area contributed by atoms with Crippen LogP contribution in [-0.2, 0) is 11.4 Å². The molecule has 1 N–H and O–H groups in total. The van der Waals surface area contributed by atoms with Crippen molar-refractivity contribution in [3.8, 4) is 5.75 Å². The van der Waals surface area contributed by atoms with Crippen molar-refractivity contribution in [2.24, 2.45) is 5.89 Å². The minimum atomic E-state index is -3.47. The number of aliphatic hydroxyl groups is 1. The number of carbonyl (C=O) groups excluding carboxylic acids is 1. The highest BCUT2D eigenvalue weighted by Crippen LogP contribution is 2.36. The Kier molecular flexibility index (Phi) is 5.87. The molecule has 0 bridgehead atoms. The molecule has 0 aliphatic carbocycles. The largest absolute Gasteiger partial charge is 0.426 e. The Morgan fingerprint density at radius 1 is 1.10 bits per heavy atom. The summed E-state index contributed by atoms with van der Waals surface area (Å²) in [6.45, 7) is 1.94. The minimum absolute atomic E-state index is 0.0400. The highest BCUT2D eigenvalue weighted by atomic mass is 16.5. The second-order valence-corrected chi connectivity index (χ2v) is 7.97. The Morgan fingerprint density at radius 3 is 2.33 bits per heavy atom. The summed E-state index contributed by atoms with van der Waals surface area (Å²) in [5.74, 6) is -5.51. The minimum Gasteiger partial charge on any atom is -0.426 e. The molecular weight excluding hydrogens is 374 g/mol. The van der Waals surface area contributed by atoms with Gasteiger partial charge < -0.3 is 9.84 Å². The van der Waals surface area contributed by atoms with Gasteiger partial charge in [-0.3, -0.25) is 9.69 Å². The lowest BCUT2D eigenvalue weighted by Gasteiger charge is -2.32. The number of nitrogens with zero attached hydrogens (tertiary/aromatic N) is 1. The monoisotopic (exact) mass is 418 g/mol. The quantitative estimate of drug-likeness (QED) is 0.416. The van der Waals surface area contributed by atoms with Gasteiger partial charge in [-0.05, 0) is 63.9 Å². The average Bonchev–Trinajstić information content (AvgIpc) is 2.80. The van der Waals surface area contributed by atoms with E-state index in [0.717, 1.165) is 5.56 Å². The van der Waals surface area contributed by atoms with E-state index in [1.54, 1.807) is 6.07 Å². The number of hydrogen-bond donors (Lipinski definition) is 1. The second kappa shape index (κ2) is 11.3. The normalized spacial score (nSPS) is 17.4. The fraction of sp³-hybridized carbons (Fsp3) is 0.500.